The minimum Gasteiger partial charge on any atom is -0.336 e. The summed E-state index contributed by atoms with van der Waals surface area (Å²) < 4.78 is 6.84. The first kappa shape index (κ1) is 17.8. The number of carbonyl (C=O) groups is 2. The Labute approximate surface area is 160 Å². The van der Waals surface area contributed by atoms with E-state index in [1.165, 1.54) is 6.92 Å². The number of aryl methyl sites for hydroxylation is 1. The maximum atomic E-state index is 12.8. The number of rotatable bonds is 4. The molecule has 1 aliphatic heterocycles. The third-order valence-electron chi connectivity index (χ3n) is 4.51. The van der Waals surface area contributed by atoms with Crippen LogP contribution in [0.3, 0.4) is 0 Å². The monoisotopic (exact) mass is 381 g/mol. The molecule has 10 nitrogen and oxygen atoms in total. The molecule has 3 aromatic rings. The van der Waals surface area contributed by atoms with Gasteiger partial charge in [0.1, 0.15) is 0 Å². The summed E-state index contributed by atoms with van der Waals surface area (Å²) >= 11 is 0. The van der Waals surface area contributed by atoms with Crippen molar-refractivity contribution in [1.82, 2.24) is 30.0 Å². The van der Waals surface area contributed by atoms with Gasteiger partial charge < -0.3 is 14.7 Å². The summed E-state index contributed by atoms with van der Waals surface area (Å²) in [5.41, 5.74) is 1.64. The highest BCUT2D eigenvalue weighted by Crippen LogP contribution is 2.25. The Hall–Kier alpha value is -3.56. The molecule has 1 atom stereocenters. The van der Waals surface area contributed by atoms with Gasteiger partial charge in [-0.15, -0.1) is 5.10 Å². The van der Waals surface area contributed by atoms with Gasteiger partial charge in [-0.3, -0.25) is 9.59 Å². The highest BCUT2D eigenvalue weighted by Gasteiger charge is 2.29. The molecule has 1 aliphatic rings. The highest BCUT2D eigenvalue weighted by atomic mass is 16.5. The molecule has 0 aliphatic carbocycles. The summed E-state index contributed by atoms with van der Waals surface area (Å²) in [6, 6.07) is 6.95. The molecule has 2 aromatic heterocycles. The minimum atomic E-state index is -0.177. The predicted molar refractivity (Wildman–Crippen MR) is 98.4 cm³/mol. The van der Waals surface area contributed by atoms with Crippen molar-refractivity contribution in [1.29, 1.82) is 0 Å². The van der Waals surface area contributed by atoms with Gasteiger partial charge in [-0.2, -0.15) is 4.98 Å². The van der Waals surface area contributed by atoms with E-state index >= 15 is 0 Å². The number of likely N-dealkylation sites (tertiary alicyclic amines) is 1. The second-order valence-corrected chi connectivity index (χ2v) is 6.69. The zero-order valence-corrected chi connectivity index (χ0v) is 15.5. The van der Waals surface area contributed by atoms with Crippen molar-refractivity contribution in [3.05, 3.63) is 41.9 Å². The fourth-order valence-corrected chi connectivity index (χ4v) is 3.21. The quantitative estimate of drug-likeness (QED) is 0.730. The van der Waals surface area contributed by atoms with Gasteiger partial charge in [0.15, 0.2) is 11.5 Å². The lowest BCUT2D eigenvalue weighted by Crippen LogP contribution is -2.29. The van der Waals surface area contributed by atoms with Crippen LogP contribution in [0.2, 0.25) is 0 Å². The largest absolute Gasteiger partial charge is 0.336 e. The summed E-state index contributed by atoms with van der Waals surface area (Å²) in [7, 11) is 0. The first-order valence-corrected chi connectivity index (χ1v) is 8.89. The molecule has 0 radical (unpaired) electrons. The Morgan fingerprint density at radius 3 is 2.93 bits per heavy atom. The van der Waals surface area contributed by atoms with Crippen LogP contribution in [0.4, 0.5) is 5.69 Å². The lowest BCUT2D eigenvalue weighted by Gasteiger charge is -2.17. The number of hydrogen-bond acceptors (Lipinski definition) is 7. The lowest BCUT2D eigenvalue weighted by atomic mass is 10.1. The molecule has 0 saturated carbocycles. The maximum absolute atomic E-state index is 12.8. The number of amides is 2. The van der Waals surface area contributed by atoms with Crippen molar-refractivity contribution in [3.8, 4) is 11.6 Å². The molecule has 144 valence electrons. The van der Waals surface area contributed by atoms with E-state index in [1.807, 2.05) is 0 Å². The first-order chi connectivity index (χ1) is 13.5. The number of carbonyl (C=O) groups excluding carboxylic acids is 2. The smallest absolute Gasteiger partial charge is 0.280 e. The zero-order chi connectivity index (χ0) is 19.7. The van der Waals surface area contributed by atoms with Gasteiger partial charge in [0.2, 0.25) is 5.91 Å². The molecule has 1 unspecified atom stereocenters. The second-order valence-electron chi connectivity index (χ2n) is 6.69. The van der Waals surface area contributed by atoms with Gasteiger partial charge in [0, 0.05) is 31.3 Å². The highest BCUT2D eigenvalue weighted by molar-refractivity contribution is 5.97. The maximum Gasteiger partial charge on any atom is 0.280 e. The van der Waals surface area contributed by atoms with Crippen LogP contribution in [0.5, 0.6) is 0 Å². The summed E-state index contributed by atoms with van der Waals surface area (Å²) in [5, 5.41) is 14.7. The fraction of sp³-hybridized carbons (Fsp3) is 0.333. The molecule has 1 N–H and O–H groups in total. The van der Waals surface area contributed by atoms with E-state index in [9.17, 15) is 9.59 Å². The van der Waals surface area contributed by atoms with E-state index < -0.39 is 0 Å². The zero-order valence-electron chi connectivity index (χ0n) is 15.5. The third-order valence-corrected chi connectivity index (χ3v) is 4.51. The predicted octanol–water partition coefficient (Wildman–Crippen LogP) is 1.68. The SMILES string of the molecule is CC(=O)Nc1cccc(C(=O)N2CCC(n3cc(-c4nc(C)no4)nn3)C2)c1. The van der Waals surface area contributed by atoms with Gasteiger partial charge in [0.25, 0.3) is 11.8 Å². The summed E-state index contributed by atoms with van der Waals surface area (Å²) in [4.78, 5) is 30.0. The molecule has 1 aromatic carbocycles. The number of anilines is 1. The van der Waals surface area contributed by atoms with E-state index in [-0.39, 0.29) is 17.9 Å². The number of hydrogen-bond donors (Lipinski definition) is 1. The Kier molecular flexibility index (Phi) is 4.60. The fourth-order valence-electron chi connectivity index (χ4n) is 3.21. The van der Waals surface area contributed by atoms with Crippen LogP contribution in [0, 0.1) is 6.92 Å². The van der Waals surface area contributed by atoms with E-state index in [1.54, 1.807) is 47.0 Å². The van der Waals surface area contributed by atoms with Gasteiger partial charge in [-0.05, 0) is 31.5 Å². The van der Waals surface area contributed by atoms with E-state index in [4.69, 9.17) is 4.52 Å². The lowest BCUT2D eigenvalue weighted by molar-refractivity contribution is -0.114. The van der Waals surface area contributed by atoms with Crippen LogP contribution in [-0.4, -0.2) is 54.9 Å². The topological polar surface area (TPSA) is 119 Å². The Bertz CT molecular complexity index is 1030. The summed E-state index contributed by atoms with van der Waals surface area (Å²) in [6.45, 7) is 4.30. The van der Waals surface area contributed by atoms with Gasteiger partial charge in [-0.1, -0.05) is 16.4 Å². The van der Waals surface area contributed by atoms with Crippen molar-refractivity contribution in [3.63, 3.8) is 0 Å². The normalized spacial score (nSPS) is 16.4. The van der Waals surface area contributed by atoms with Crippen molar-refractivity contribution >= 4 is 17.5 Å². The molecule has 4 rings (SSSR count). The number of nitrogens with zero attached hydrogens (tertiary/aromatic N) is 6. The van der Waals surface area contributed by atoms with Gasteiger partial charge in [0.05, 0.1) is 12.2 Å². The second kappa shape index (κ2) is 7.22. The van der Waals surface area contributed by atoms with Crippen molar-refractivity contribution in [2.24, 2.45) is 0 Å². The van der Waals surface area contributed by atoms with Gasteiger partial charge in [-0.25, -0.2) is 4.68 Å². The van der Waals surface area contributed by atoms with E-state index in [2.05, 4.69) is 25.8 Å². The number of nitrogens with one attached hydrogen (secondary N) is 1. The third kappa shape index (κ3) is 3.61. The van der Waals surface area contributed by atoms with E-state index in [0.29, 0.717) is 41.7 Å². The molecule has 3 heterocycles. The van der Waals surface area contributed by atoms with Crippen LogP contribution in [0.1, 0.15) is 35.6 Å². The van der Waals surface area contributed by atoms with Crippen LogP contribution >= 0.6 is 0 Å². The molecule has 28 heavy (non-hydrogen) atoms. The summed E-state index contributed by atoms with van der Waals surface area (Å²) in [6.07, 6.45) is 2.52. The number of aromatic nitrogens is 5. The van der Waals surface area contributed by atoms with Crippen LogP contribution in [0.15, 0.2) is 35.0 Å². The molecule has 0 spiro atoms. The van der Waals surface area contributed by atoms with Crippen LogP contribution < -0.4 is 5.32 Å². The van der Waals surface area contributed by atoms with Crippen molar-refractivity contribution in [2.45, 2.75) is 26.3 Å². The number of benzene rings is 1. The minimum absolute atomic E-state index is 0.0211. The van der Waals surface area contributed by atoms with Gasteiger partial charge >= 0.3 is 0 Å². The summed E-state index contributed by atoms with van der Waals surface area (Å²) in [5.74, 6) is 0.597. The average Bonchev–Trinajstić information content (AvgIpc) is 3.40. The average molecular weight is 381 g/mol. The molecule has 1 saturated heterocycles. The molecule has 1 fully saturated rings. The van der Waals surface area contributed by atoms with Crippen molar-refractivity contribution in [2.75, 3.05) is 18.4 Å². The molecule has 10 heteroatoms. The molecule has 0 bridgehead atoms. The van der Waals surface area contributed by atoms with Crippen molar-refractivity contribution < 1.29 is 14.1 Å². The Balaban J connectivity index is 1.45. The first-order valence-electron chi connectivity index (χ1n) is 8.89. The molecular weight excluding hydrogens is 362 g/mol. The standard InChI is InChI=1S/C18H19N7O3/c1-11-19-17(28-22-11)16-10-25(23-21-16)15-6-7-24(9-15)18(27)13-4-3-5-14(8-13)20-12(2)26/h3-5,8,10,15H,6-7,9H2,1-2H3,(H,20,26). The van der Waals surface area contributed by atoms with E-state index in [0.717, 1.165) is 6.42 Å². The Morgan fingerprint density at radius 1 is 1.32 bits per heavy atom. The van der Waals surface area contributed by atoms with Crippen LogP contribution in [0.25, 0.3) is 11.6 Å². The van der Waals surface area contributed by atoms with Crippen LogP contribution in [-0.2, 0) is 4.79 Å². The Morgan fingerprint density at radius 2 is 2.18 bits per heavy atom. The molecule has 2 amide bonds. The molecular formula is C18H19N7O3.